The van der Waals surface area contributed by atoms with Crippen LogP contribution in [-0.2, 0) is 0 Å². The molecule has 14 heavy (non-hydrogen) atoms. The highest BCUT2D eigenvalue weighted by molar-refractivity contribution is 9.10. The van der Waals surface area contributed by atoms with Gasteiger partial charge in [-0.05, 0) is 22.0 Å². The Hall–Kier alpha value is -1.14. The van der Waals surface area contributed by atoms with Crippen LogP contribution in [0.25, 0.3) is 10.2 Å². The summed E-state index contributed by atoms with van der Waals surface area (Å²) in [6.07, 6.45) is 1.59. The molecule has 0 bridgehead atoms. The zero-order chi connectivity index (χ0) is 10.3. The molecule has 0 aromatic carbocycles. The Morgan fingerprint density at radius 3 is 3.00 bits per heavy atom. The van der Waals surface area contributed by atoms with Gasteiger partial charge in [0, 0.05) is 10.7 Å². The average molecular weight is 273 g/mol. The molecule has 2 aromatic heterocycles. The number of nitrogens with two attached hydrogens (primary N) is 1. The van der Waals surface area contributed by atoms with Crippen molar-refractivity contribution in [1.29, 1.82) is 0 Å². The Labute approximate surface area is 91.5 Å². The number of carboxylic acid groups (broad SMARTS) is 1. The molecule has 0 radical (unpaired) electrons. The van der Waals surface area contributed by atoms with Crippen LogP contribution < -0.4 is 5.73 Å². The van der Waals surface area contributed by atoms with Crippen molar-refractivity contribution in [3.05, 3.63) is 21.6 Å². The monoisotopic (exact) mass is 272 g/mol. The number of hydrogen-bond acceptors (Lipinski definition) is 4. The lowest BCUT2D eigenvalue weighted by atomic mass is 10.3. The van der Waals surface area contributed by atoms with Crippen molar-refractivity contribution in [2.24, 2.45) is 0 Å². The summed E-state index contributed by atoms with van der Waals surface area (Å²) in [5.74, 6) is -1.01. The van der Waals surface area contributed by atoms with Gasteiger partial charge in [0.05, 0.1) is 10.4 Å². The summed E-state index contributed by atoms with van der Waals surface area (Å²) in [5.41, 5.74) is 6.43. The van der Waals surface area contributed by atoms with E-state index in [-0.39, 0.29) is 10.6 Å². The third kappa shape index (κ3) is 1.36. The number of hydrogen-bond donors (Lipinski definition) is 2. The van der Waals surface area contributed by atoms with Crippen LogP contribution in [0.3, 0.4) is 0 Å². The van der Waals surface area contributed by atoms with E-state index in [1.165, 1.54) is 0 Å². The second-order valence-electron chi connectivity index (χ2n) is 2.65. The van der Waals surface area contributed by atoms with Crippen LogP contribution in [0.15, 0.2) is 16.7 Å². The van der Waals surface area contributed by atoms with E-state index in [2.05, 4.69) is 20.9 Å². The predicted octanol–water partition coefficient (Wildman–Crippen LogP) is 2.34. The van der Waals surface area contributed by atoms with Crippen LogP contribution in [-0.4, -0.2) is 16.1 Å². The number of pyridine rings is 1. The molecular formula is C8H5BrN2O2S. The van der Waals surface area contributed by atoms with Crippen molar-refractivity contribution in [1.82, 2.24) is 4.98 Å². The van der Waals surface area contributed by atoms with Gasteiger partial charge in [0.1, 0.15) is 10.4 Å². The Morgan fingerprint density at radius 2 is 2.36 bits per heavy atom. The van der Waals surface area contributed by atoms with E-state index in [1.807, 2.05) is 0 Å². The fourth-order valence-electron chi connectivity index (χ4n) is 1.13. The largest absolute Gasteiger partial charge is 0.477 e. The normalized spacial score (nSPS) is 10.6. The summed E-state index contributed by atoms with van der Waals surface area (Å²) in [5, 5.41) is 8.83. The first-order valence-electron chi connectivity index (χ1n) is 3.66. The third-order valence-electron chi connectivity index (χ3n) is 1.73. The highest BCUT2D eigenvalue weighted by atomic mass is 79.9. The average Bonchev–Trinajstić information content (AvgIpc) is 2.43. The first-order valence-corrected chi connectivity index (χ1v) is 5.27. The zero-order valence-corrected chi connectivity index (χ0v) is 9.22. The van der Waals surface area contributed by atoms with Gasteiger partial charge in [0.2, 0.25) is 0 Å². The summed E-state index contributed by atoms with van der Waals surface area (Å²) in [4.78, 5) is 15.0. The lowest BCUT2D eigenvalue weighted by Crippen LogP contribution is -1.97. The molecule has 0 spiro atoms. The molecule has 0 aliphatic rings. The van der Waals surface area contributed by atoms with E-state index < -0.39 is 5.97 Å². The SMILES string of the molecule is Nc1c(C(=O)O)sc2cc(Br)cnc12. The van der Waals surface area contributed by atoms with E-state index in [9.17, 15) is 4.79 Å². The van der Waals surface area contributed by atoms with E-state index >= 15 is 0 Å². The summed E-state index contributed by atoms with van der Waals surface area (Å²) >= 11 is 4.39. The second kappa shape index (κ2) is 3.21. The van der Waals surface area contributed by atoms with Gasteiger partial charge in [-0.1, -0.05) is 0 Å². The number of thiophene rings is 1. The predicted molar refractivity (Wildman–Crippen MR) is 58.7 cm³/mol. The molecule has 4 nitrogen and oxygen atoms in total. The lowest BCUT2D eigenvalue weighted by Gasteiger charge is -1.91. The molecule has 2 heterocycles. The van der Waals surface area contributed by atoms with E-state index in [1.54, 1.807) is 12.3 Å². The third-order valence-corrected chi connectivity index (χ3v) is 3.29. The summed E-state index contributed by atoms with van der Waals surface area (Å²) in [6.45, 7) is 0. The zero-order valence-electron chi connectivity index (χ0n) is 6.82. The molecule has 0 saturated carbocycles. The molecule has 0 fully saturated rings. The number of carbonyl (C=O) groups is 1. The van der Waals surface area contributed by atoms with Crippen LogP contribution in [0.5, 0.6) is 0 Å². The first-order chi connectivity index (χ1) is 6.59. The van der Waals surface area contributed by atoms with Crippen molar-refractivity contribution < 1.29 is 9.90 Å². The number of fused-ring (bicyclic) bond motifs is 1. The fraction of sp³-hybridized carbons (Fsp3) is 0. The quantitative estimate of drug-likeness (QED) is 0.836. The van der Waals surface area contributed by atoms with Crippen molar-refractivity contribution >= 4 is 49.1 Å². The lowest BCUT2D eigenvalue weighted by molar-refractivity contribution is 0.0703. The highest BCUT2D eigenvalue weighted by Gasteiger charge is 2.15. The number of nitrogen functional groups attached to an aromatic ring is 1. The first kappa shape index (κ1) is 9.42. The Kier molecular flexibility index (Phi) is 2.16. The number of carboxylic acids is 1. The van der Waals surface area contributed by atoms with Gasteiger partial charge in [-0.25, -0.2) is 4.79 Å². The minimum atomic E-state index is -1.01. The summed E-state index contributed by atoms with van der Waals surface area (Å²) in [7, 11) is 0. The van der Waals surface area contributed by atoms with Crippen LogP contribution in [0, 0.1) is 0 Å². The number of rotatable bonds is 1. The van der Waals surface area contributed by atoms with Crippen molar-refractivity contribution in [2.45, 2.75) is 0 Å². The molecule has 0 atom stereocenters. The van der Waals surface area contributed by atoms with E-state index in [0.717, 1.165) is 20.5 Å². The van der Waals surface area contributed by atoms with Gasteiger partial charge in [-0.2, -0.15) is 0 Å². The molecule has 0 saturated heterocycles. The smallest absolute Gasteiger partial charge is 0.348 e. The van der Waals surface area contributed by atoms with Crippen molar-refractivity contribution in [2.75, 3.05) is 5.73 Å². The molecule has 2 aromatic rings. The molecule has 0 unspecified atom stereocenters. The van der Waals surface area contributed by atoms with Crippen molar-refractivity contribution in [3.8, 4) is 0 Å². The summed E-state index contributed by atoms with van der Waals surface area (Å²) in [6, 6.07) is 1.80. The van der Waals surface area contributed by atoms with Gasteiger partial charge in [0.25, 0.3) is 0 Å². The standard InChI is InChI=1S/C8H5BrN2O2S/c9-3-1-4-6(11-2-3)5(10)7(14-4)8(12)13/h1-2H,10H2,(H,12,13). The molecule has 0 aliphatic carbocycles. The van der Waals surface area contributed by atoms with Gasteiger partial charge in [0.15, 0.2) is 0 Å². The molecule has 72 valence electrons. The van der Waals surface area contributed by atoms with Crippen LogP contribution in [0.4, 0.5) is 5.69 Å². The van der Waals surface area contributed by atoms with Crippen LogP contribution in [0.1, 0.15) is 9.67 Å². The van der Waals surface area contributed by atoms with E-state index in [4.69, 9.17) is 10.8 Å². The minimum Gasteiger partial charge on any atom is -0.477 e. The Bertz CT molecular complexity index is 523. The van der Waals surface area contributed by atoms with Gasteiger partial charge < -0.3 is 10.8 Å². The number of anilines is 1. The second-order valence-corrected chi connectivity index (χ2v) is 4.62. The molecular weight excluding hydrogens is 268 g/mol. The number of nitrogens with zero attached hydrogens (tertiary/aromatic N) is 1. The number of halogens is 1. The van der Waals surface area contributed by atoms with Crippen LogP contribution in [0.2, 0.25) is 0 Å². The maximum atomic E-state index is 10.8. The maximum Gasteiger partial charge on any atom is 0.348 e. The van der Waals surface area contributed by atoms with Crippen LogP contribution >= 0.6 is 27.3 Å². The summed E-state index contributed by atoms with van der Waals surface area (Å²) < 4.78 is 1.58. The maximum absolute atomic E-state index is 10.8. The Balaban J connectivity index is 2.79. The topological polar surface area (TPSA) is 76.2 Å². The Morgan fingerprint density at radius 1 is 1.64 bits per heavy atom. The number of aromatic nitrogens is 1. The van der Waals surface area contributed by atoms with Gasteiger partial charge in [-0.15, -0.1) is 11.3 Å². The molecule has 2 rings (SSSR count). The highest BCUT2D eigenvalue weighted by Crippen LogP contribution is 2.33. The molecule has 0 aliphatic heterocycles. The molecule has 6 heteroatoms. The van der Waals surface area contributed by atoms with E-state index in [0.29, 0.717) is 5.52 Å². The number of aromatic carboxylic acids is 1. The minimum absolute atomic E-state index is 0.144. The van der Waals surface area contributed by atoms with Gasteiger partial charge in [-0.3, -0.25) is 4.98 Å². The fourth-order valence-corrected chi connectivity index (χ4v) is 2.57. The molecule has 3 N–H and O–H groups in total. The molecule has 0 amide bonds. The van der Waals surface area contributed by atoms with Crippen molar-refractivity contribution in [3.63, 3.8) is 0 Å². The van der Waals surface area contributed by atoms with Gasteiger partial charge >= 0.3 is 5.97 Å².